The second-order valence-corrected chi connectivity index (χ2v) is 5.54. The van der Waals surface area contributed by atoms with E-state index in [0.717, 1.165) is 5.92 Å². The summed E-state index contributed by atoms with van der Waals surface area (Å²) in [7, 11) is 0. The molecule has 0 bridgehead atoms. The van der Waals surface area contributed by atoms with E-state index in [1.54, 1.807) is 0 Å². The van der Waals surface area contributed by atoms with Crippen molar-refractivity contribution in [2.75, 3.05) is 26.2 Å². The minimum Gasteiger partial charge on any atom is -0.316 e. The third-order valence-corrected chi connectivity index (χ3v) is 4.24. The van der Waals surface area contributed by atoms with Crippen LogP contribution in [0.2, 0.25) is 0 Å². The monoisotopic (exact) mass is 210 g/mol. The summed E-state index contributed by atoms with van der Waals surface area (Å²) >= 11 is 0. The minimum atomic E-state index is 0.569. The second-order valence-electron chi connectivity index (χ2n) is 5.54. The molecule has 0 aromatic carbocycles. The molecule has 2 N–H and O–H groups in total. The molecule has 2 rings (SSSR count). The summed E-state index contributed by atoms with van der Waals surface area (Å²) < 4.78 is 0. The number of hydrogen-bond donors (Lipinski definition) is 2. The van der Waals surface area contributed by atoms with E-state index in [9.17, 15) is 0 Å². The molecular formula is C13H26N2. The van der Waals surface area contributed by atoms with Gasteiger partial charge >= 0.3 is 0 Å². The maximum Gasteiger partial charge on any atom is 0.00204 e. The molecule has 2 fully saturated rings. The van der Waals surface area contributed by atoms with Gasteiger partial charge in [-0.2, -0.15) is 0 Å². The highest BCUT2D eigenvalue weighted by molar-refractivity contribution is 4.88. The topological polar surface area (TPSA) is 24.1 Å². The van der Waals surface area contributed by atoms with E-state index in [2.05, 4.69) is 17.6 Å². The van der Waals surface area contributed by atoms with E-state index in [4.69, 9.17) is 0 Å². The molecular weight excluding hydrogens is 184 g/mol. The molecule has 0 aromatic rings. The van der Waals surface area contributed by atoms with Gasteiger partial charge in [0.25, 0.3) is 0 Å². The lowest BCUT2D eigenvalue weighted by molar-refractivity contribution is 0.291. The molecule has 1 saturated carbocycles. The third-order valence-electron chi connectivity index (χ3n) is 4.24. The molecule has 1 heterocycles. The first kappa shape index (κ1) is 11.4. The van der Waals surface area contributed by atoms with Gasteiger partial charge in [-0.25, -0.2) is 0 Å². The van der Waals surface area contributed by atoms with Crippen LogP contribution < -0.4 is 10.6 Å². The van der Waals surface area contributed by atoms with E-state index in [1.807, 2.05) is 0 Å². The highest BCUT2D eigenvalue weighted by Gasteiger charge is 2.31. The molecule has 2 nitrogen and oxygen atoms in total. The Hall–Kier alpha value is -0.0800. The zero-order chi connectivity index (χ0) is 10.6. The quantitative estimate of drug-likeness (QED) is 0.629. The van der Waals surface area contributed by atoms with Crippen LogP contribution in [0.3, 0.4) is 0 Å². The van der Waals surface area contributed by atoms with Gasteiger partial charge in [-0.15, -0.1) is 0 Å². The van der Waals surface area contributed by atoms with Crippen molar-refractivity contribution in [1.29, 1.82) is 0 Å². The van der Waals surface area contributed by atoms with Crippen LogP contribution in [0.5, 0.6) is 0 Å². The first-order chi connectivity index (χ1) is 7.35. The van der Waals surface area contributed by atoms with Gasteiger partial charge in [0.2, 0.25) is 0 Å². The summed E-state index contributed by atoms with van der Waals surface area (Å²) in [4.78, 5) is 0. The molecule has 1 unspecified atom stereocenters. The first-order valence-electron chi connectivity index (χ1n) is 6.76. The van der Waals surface area contributed by atoms with E-state index in [-0.39, 0.29) is 0 Å². The van der Waals surface area contributed by atoms with E-state index >= 15 is 0 Å². The third kappa shape index (κ3) is 3.46. The van der Waals surface area contributed by atoms with E-state index in [1.165, 1.54) is 64.7 Å². The van der Waals surface area contributed by atoms with Gasteiger partial charge < -0.3 is 10.6 Å². The Morgan fingerprint density at radius 3 is 2.87 bits per heavy atom. The fourth-order valence-corrected chi connectivity index (χ4v) is 2.65. The van der Waals surface area contributed by atoms with Crippen molar-refractivity contribution in [3.8, 4) is 0 Å². The summed E-state index contributed by atoms with van der Waals surface area (Å²) in [6.45, 7) is 7.23. The average Bonchev–Trinajstić information content (AvgIpc) is 2.96. The summed E-state index contributed by atoms with van der Waals surface area (Å²) in [5, 5.41) is 7.16. The predicted octanol–water partition coefficient (Wildman–Crippen LogP) is 2.16. The SMILES string of the molecule is CCC1(CNCCCC2CC2)CCNC1. The standard InChI is InChI=1S/C13H26N2/c1-2-13(7-9-15-11-13)10-14-8-3-4-12-5-6-12/h12,14-15H,2-11H2,1H3. The van der Waals surface area contributed by atoms with Crippen molar-refractivity contribution < 1.29 is 0 Å². The summed E-state index contributed by atoms with van der Waals surface area (Å²) in [6.07, 6.45) is 8.53. The average molecular weight is 210 g/mol. The van der Waals surface area contributed by atoms with Crippen LogP contribution in [0, 0.1) is 11.3 Å². The molecule has 1 atom stereocenters. The lowest BCUT2D eigenvalue weighted by atomic mass is 9.84. The molecule has 88 valence electrons. The summed E-state index contributed by atoms with van der Waals surface area (Å²) in [6, 6.07) is 0. The number of hydrogen-bond acceptors (Lipinski definition) is 2. The van der Waals surface area contributed by atoms with Gasteiger partial charge in [0, 0.05) is 13.1 Å². The highest BCUT2D eigenvalue weighted by Crippen LogP contribution is 2.33. The fourth-order valence-electron chi connectivity index (χ4n) is 2.65. The van der Waals surface area contributed by atoms with Crippen LogP contribution in [0.4, 0.5) is 0 Å². The van der Waals surface area contributed by atoms with E-state index in [0.29, 0.717) is 5.41 Å². The Balaban J connectivity index is 1.54. The Morgan fingerprint density at radius 1 is 1.40 bits per heavy atom. The van der Waals surface area contributed by atoms with Gasteiger partial charge in [-0.05, 0) is 50.1 Å². The van der Waals surface area contributed by atoms with Crippen molar-refractivity contribution in [3.63, 3.8) is 0 Å². The van der Waals surface area contributed by atoms with Crippen LogP contribution >= 0.6 is 0 Å². The Bertz CT molecular complexity index is 181. The molecule has 1 aliphatic heterocycles. The largest absolute Gasteiger partial charge is 0.316 e. The number of rotatable bonds is 7. The van der Waals surface area contributed by atoms with Gasteiger partial charge in [0.1, 0.15) is 0 Å². The van der Waals surface area contributed by atoms with Gasteiger partial charge in [0.15, 0.2) is 0 Å². The molecule has 1 saturated heterocycles. The molecule has 0 radical (unpaired) electrons. The van der Waals surface area contributed by atoms with E-state index < -0.39 is 0 Å². The van der Waals surface area contributed by atoms with Crippen molar-refractivity contribution in [2.24, 2.45) is 11.3 Å². The Morgan fingerprint density at radius 2 is 2.27 bits per heavy atom. The lowest BCUT2D eigenvalue weighted by Crippen LogP contribution is -2.36. The molecule has 0 aromatic heterocycles. The molecule has 2 heteroatoms. The van der Waals surface area contributed by atoms with Gasteiger partial charge in [-0.1, -0.05) is 19.8 Å². The van der Waals surface area contributed by atoms with Crippen molar-refractivity contribution in [2.45, 2.75) is 45.4 Å². The smallest absolute Gasteiger partial charge is 0.00204 e. The van der Waals surface area contributed by atoms with Crippen LogP contribution in [0.1, 0.15) is 45.4 Å². The predicted molar refractivity (Wildman–Crippen MR) is 65.0 cm³/mol. The molecule has 0 amide bonds. The maximum atomic E-state index is 3.66. The zero-order valence-electron chi connectivity index (χ0n) is 10.1. The molecule has 0 spiro atoms. The van der Waals surface area contributed by atoms with Crippen LogP contribution in [0.25, 0.3) is 0 Å². The van der Waals surface area contributed by atoms with Crippen molar-refractivity contribution in [3.05, 3.63) is 0 Å². The Labute approximate surface area is 94.2 Å². The molecule has 2 aliphatic rings. The van der Waals surface area contributed by atoms with Crippen molar-refractivity contribution in [1.82, 2.24) is 10.6 Å². The minimum absolute atomic E-state index is 0.569. The van der Waals surface area contributed by atoms with Crippen molar-refractivity contribution >= 4 is 0 Å². The highest BCUT2D eigenvalue weighted by atomic mass is 15.0. The Kier molecular flexibility index (Phi) is 4.04. The normalized spacial score (nSPS) is 31.0. The number of nitrogens with one attached hydrogen (secondary N) is 2. The lowest BCUT2D eigenvalue weighted by Gasteiger charge is -2.27. The van der Waals surface area contributed by atoms with Gasteiger partial charge in [0.05, 0.1) is 0 Å². The molecule has 15 heavy (non-hydrogen) atoms. The van der Waals surface area contributed by atoms with Crippen LogP contribution in [-0.2, 0) is 0 Å². The summed E-state index contributed by atoms with van der Waals surface area (Å²) in [5.41, 5.74) is 0.569. The van der Waals surface area contributed by atoms with Gasteiger partial charge in [-0.3, -0.25) is 0 Å². The fraction of sp³-hybridized carbons (Fsp3) is 1.00. The first-order valence-corrected chi connectivity index (χ1v) is 6.76. The van der Waals surface area contributed by atoms with Crippen LogP contribution in [0.15, 0.2) is 0 Å². The maximum absolute atomic E-state index is 3.66. The zero-order valence-corrected chi connectivity index (χ0v) is 10.1. The molecule has 1 aliphatic carbocycles. The second kappa shape index (κ2) is 5.31. The van der Waals surface area contributed by atoms with Crippen LogP contribution in [-0.4, -0.2) is 26.2 Å². The summed E-state index contributed by atoms with van der Waals surface area (Å²) in [5.74, 6) is 1.10.